The molecule has 3 atom stereocenters. The van der Waals surface area contributed by atoms with Crippen LogP contribution in [-0.4, -0.2) is 38.8 Å². The molecule has 4 rings (SSSR count). The molecule has 3 unspecified atom stereocenters. The van der Waals surface area contributed by atoms with Crippen molar-refractivity contribution in [3.8, 4) is 5.75 Å². The van der Waals surface area contributed by atoms with Crippen molar-refractivity contribution in [2.75, 3.05) is 7.11 Å². The maximum Gasteiger partial charge on any atom is 0.251 e. The minimum atomic E-state index is -0.251. The van der Waals surface area contributed by atoms with Gasteiger partial charge in [0.05, 0.1) is 18.9 Å². The van der Waals surface area contributed by atoms with Crippen LogP contribution in [0.4, 0.5) is 0 Å². The quantitative estimate of drug-likeness (QED) is 0.581. The molecule has 2 aliphatic carbocycles. The molecule has 2 saturated carbocycles. The van der Waals surface area contributed by atoms with Crippen molar-refractivity contribution in [1.82, 2.24) is 20.1 Å². The summed E-state index contributed by atoms with van der Waals surface area (Å²) in [5, 5.41) is 12.5. The Labute approximate surface area is 200 Å². The molecule has 1 amide bonds. The van der Waals surface area contributed by atoms with Gasteiger partial charge in [0.1, 0.15) is 5.75 Å². The van der Waals surface area contributed by atoms with Crippen LogP contribution in [0.5, 0.6) is 5.75 Å². The van der Waals surface area contributed by atoms with Gasteiger partial charge in [-0.3, -0.25) is 9.59 Å². The maximum absolute atomic E-state index is 13.3. The Morgan fingerprint density at radius 3 is 2.58 bits per heavy atom. The van der Waals surface area contributed by atoms with Gasteiger partial charge in [0, 0.05) is 17.5 Å². The first-order chi connectivity index (χ1) is 15.7. The van der Waals surface area contributed by atoms with Crippen LogP contribution in [-0.2, 0) is 17.9 Å². The van der Waals surface area contributed by atoms with Gasteiger partial charge in [0.2, 0.25) is 0 Å². The SMILES string of the molecule is CCCCn1c(CNC(=O)c2ccc(OC)cc2)nnc1SC1C(=O)C2(C)CCC1C2(C)C. The highest BCUT2D eigenvalue weighted by atomic mass is 32.2. The van der Waals surface area contributed by atoms with Crippen molar-refractivity contribution in [3.63, 3.8) is 0 Å². The summed E-state index contributed by atoms with van der Waals surface area (Å²) in [5.74, 6) is 1.96. The van der Waals surface area contributed by atoms with Crippen LogP contribution in [0.3, 0.4) is 0 Å². The number of benzene rings is 1. The van der Waals surface area contributed by atoms with Crippen molar-refractivity contribution < 1.29 is 14.3 Å². The van der Waals surface area contributed by atoms with E-state index in [1.54, 1.807) is 43.1 Å². The molecule has 0 radical (unpaired) electrons. The van der Waals surface area contributed by atoms with Crippen molar-refractivity contribution in [3.05, 3.63) is 35.7 Å². The largest absolute Gasteiger partial charge is 0.497 e. The fraction of sp³-hybridized carbons (Fsp3) is 0.600. The zero-order valence-corrected chi connectivity index (χ0v) is 21.0. The molecule has 2 bridgehead atoms. The number of ether oxygens (including phenoxy) is 1. The molecule has 2 aliphatic rings. The number of rotatable bonds is 9. The first kappa shape index (κ1) is 23.8. The van der Waals surface area contributed by atoms with Crippen LogP contribution >= 0.6 is 11.8 Å². The standard InChI is InChI=1S/C25H34N4O3S/c1-6-7-14-29-19(15-26-22(31)16-8-10-17(32-5)11-9-16)27-28-23(29)33-20-18-12-13-25(4,21(20)30)24(18,2)3/h8-11,18,20H,6-7,12-15H2,1-5H3,(H,26,31). The number of hydrogen-bond donors (Lipinski definition) is 1. The van der Waals surface area contributed by atoms with Gasteiger partial charge in [-0.15, -0.1) is 10.2 Å². The lowest BCUT2D eigenvalue weighted by Gasteiger charge is -2.32. The molecule has 8 heteroatoms. The molecule has 178 valence electrons. The maximum atomic E-state index is 13.3. The van der Waals surface area contributed by atoms with Gasteiger partial charge in [0.25, 0.3) is 5.91 Å². The number of ketones is 1. The average Bonchev–Trinajstić information content (AvgIpc) is 3.34. The van der Waals surface area contributed by atoms with Gasteiger partial charge in [-0.1, -0.05) is 45.9 Å². The van der Waals surface area contributed by atoms with Gasteiger partial charge in [0.15, 0.2) is 16.8 Å². The van der Waals surface area contributed by atoms with E-state index in [-0.39, 0.29) is 28.5 Å². The number of thioether (sulfide) groups is 1. The number of carbonyl (C=O) groups excluding carboxylic acids is 2. The highest BCUT2D eigenvalue weighted by molar-refractivity contribution is 8.00. The molecule has 2 aromatic rings. The fourth-order valence-corrected chi connectivity index (χ4v) is 6.98. The lowest BCUT2D eigenvalue weighted by Crippen LogP contribution is -2.34. The van der Waals surface area contributed by atoms with E-state index >= 15 is 0 Å². The summed E-state index contributed by atoms with van der Waals surface area (Å²) in [6, 6.07) is 7.00. The van der Waals surface area contributed by atoms with Gasteiger partial charge >= 0.3 is 0 Å². The molecule has 2 fully saturated rings. The predicted octanol–water partition coefficient (Wildman–Crippen LogP) is 4.50. The van der Waals surface area contributed by atoms with E-state index in [1.807, 2.05) is 0 Å². The van der Waals surface area contributed by atoms with Gasteiger partial charge < -0.3 is 14.6 Å². The number of unbranched alkanes of at least 4 members (excludes halogenated alkanes) is 1. The molecule has 0 aliphatic heterocycles. The molecule has 1 N–H and O–H groups in total. The Morgan fingerprint density at radius 2 is 1.97 bits per heavy atom. The Kier molecular flexibility index (Phi) is 6.58. The van der Waals surface area contributed by atoms with Gasteiger partial charge in [-0.25, -0.2) is 0 Å². The number of nitrogens with one attached hydrogen (secondary N) is 1. The number of methoxy groups -OCH3 is 1. The molecular weight excluding hydrogens is 436 g/mol. The highest BCUT2D eigenvalue weighted by Crippen LogP contribution is 2.66. The van der Waals surface area contributed by atoms with Crippen molar-refractivity contribution in [2.24, 2.45) is 16.7 Å². The van der Waals surface area contributed by atoms with Crippen LogP contribution in [0, 0.1) is 16.7 Å². The van der Waals surface area contributed by atoms with Crippen molar-refractivity contribution in [2.45, 2.75) is 76.9 Å². The molecule has 7 nitrogen and oxygen atoms in total. The smallest absolute Gasteiger partial charge is 0.251 e. The Balaban J connectivity index is 1.49. The monoisotopic (exact) mass is 470 g/mol. The third-order valence-corrected chi connectivity index (χ3v) is 9.30. The number of hydrogen-bond acceptors (Lipinski definition) is 6. The van der Waals surface area contributed by atoms with E-state index in [1.165, 1.54) is 0 Å². The molecule has 33 heavy (non-hydrogen) atoms. The summed E-state index contributed by atoms with van der Waals surface area (Å²) in [7, 11) is 1.60. The minimum Gasteiger partial charge on any atom is -0.497 e. The second kappa shape index (κ2) is 9.12. The van der Waals surface area contributed by atoms with E-state index in [9.17, 15) is 9.59 Å². The predicted molar refractivity (Wildman–Crippen MR) is 128 cm³/mol. The summed E-state index contributed by atoms with van der Waals surface area (Å²) in [4.78, 5) is 25.9. The summed E-state index contributed by atoms with van der Waals surface area (Å²) in [6.45, 7) is 9.82. The Morgan fingerprint density at radius 1 is 1.24 bits per heavy atom. The van der Waals surface area contributed by atoms with Crippen LogP contribution in [0.2, 0.25) is 0 Å². The van der Waals surface area contributed by atoms with Crippen molar-refractivity contribution >= 4 is 23.5 Å². The third kappa shape index (κ3) is 4.07. The van der Waals surface area contributed by atoms with E-state index in [2.05, 4.69) is 47.8 Å². The molecule has 1 aromatic heterocycles. The topological polar surface area (TPSA) is 86.1 Å². The zero-order chi connectivity index (χ0) is 23.8. The Bertz CT molecular complexity index is 1030. The summed E-state index contributed by atoms with van der Waals surface area (Å²) < 4.78 is 7.23. The fourth-order valence-electron chi connectivity index (χ4n) is 5.33. The van der Waals surface area contributed by atoms with Crippen LogP contribution in [0.25, 0.3) is 0 Å². The number of nitrogens with zero attached hydrogens (tertiary/aromatic N) is 3. The summed E-state index contributed by atoms with van der Waals surface area (Å²) >= 11 is 1.57. The van der Waals surface area contributed by atoms with E-state index in [4.69, 9.17) is 4.74 Å². The zero-order valence-electron chi connectivity index (χ0n) is 20.2. The first-order valence-electron chi connectivity index (χ1n) is 11.8. The van der Waals surface area contributed by atoms with Crippen LogP contribution in [0.1, 0.15) is 69.6 Å². The molecule has 0 spiro atoms. The molecule has 1 aromatic carbocycles. The van der Waals surface area contributed by atoms with E-state index in [0.29, 0.717) is 28.8 Å². The molecule has 1 heterocycles. The van der Waals surface area contributed by atoms with Crippen LogP contribution in [0.15, 0.2) is 29.4 Å². The van der Waals surface area contributed by atoms with Gasteiger partial charge in [-0.05, 0) is 54.9 Å². The minimum absolute atomic E-state index is 0.00515. The third-order valence-electron chi connectivity index (χ3n) is 7.99. The number of Topliss-reactive ketones (excluding diaryl/α,β-unsaturated/α-hetero) is 1. The summed E-state index contributed by atoms with van der Waals surface area (Å²) in [6.07, 6.45) is 4.08. The number of amides is 1. The normalized spacial score (nSPS) is 25.4. The second-order valence-electron chi connectivity index (χ2n) is 9.92. The summed E-state index contributed by atoms with van der Waals surface area (Å²) in [5.41, 5.74) is 0.317. The lowest BCUT2D eigenvalue weighted by atomic mass is 9.70. The average molecular weight is 471 g/mol. The number of aromatic nitrogens is 3. The first-order valence-corrected chi connectivity index (χ1v) is 12.7. The second-order valence-corrected chi connectivity index (χ2v) is 11.0. The molecular formula is C25H34N4O3S. The number of fused-ring (bicyclic) bond motifs is 2. The lowest BCUT2D eigenvalue weighted by molar-refractivity contribution is -0.127. The molecule has 0 saturated heterocycles. The van der Waals surface area contributed by atoms with Crippen LogP contribution < -0.4 is 10.1 Å². The van der Waals surface area contributed by atoms with Crippen molar-refractivity contribution in [1.29, 1.82) is 0 Å². The van der Waals surface area contributed by atoms with Gasteiger partial charge in [-0.2, -0.15) is 0 Å². The highest BCUT2D eigenvalue weighted by Gasteiger charge is 2.66. The Hall–Kier alpha value is -2.35. The van der Waals surface area contributed by atoms with E-state index in [0.717, 1.165) is 37.4 Å². The number of carbonyl (C=O) groups is 2. The van der Waals surface area contributed by atoms with E-state index < -0.39 is 0 Å².